The van der Waals surface area contributed by atoms with Crippen molar-refractivity contribution in [1.82, 2.24) is 9.80 Å². The van der Waals surface area contributed by atoms with Gasteiger partial charge in [-0.15, -0.1) is 0 Å². The van der Waals surface area contributed by atoms with E-state index in [0.29, 0.717) is 55.4 Å². The Morgan fingerprint density at radius 2 is 1.73 bits per heavy atom. The number of carbonyl (C=O) groups is 2. The van der Waals surface area contributed by atoms with Crippen LogP contribution in [0.15, 0.2) is 78.4 Å². The monoisotopic (exact) mass is 540 g/mol. The molecule has 0 bridgehead atoms. The average molecular weight is 541 g/mol. The zero-order chi connectivity index (χ0) is 27.6. The van der Waals surface area contributed by atoms with E-state index in [1.165, 1.54) is 0 Å². The quantitative estimate of drug-likeness (QED) is 0.267. The number of rotatable bonds is 7. The Morgan fingerprint density at radius 1 is 0.950 bits per heavy atom. The van der Waals surface area contributed by atoms with Crippen molar-refractivity contribution in [2.24, 2.45) is 0 Å². The summed E-state index contributed by atoms with van der Waals surface area (Å²) >= 11 is 0. The van der Waals surface area contributed by atoms with Gasteiger partial charge in [-0.05, 0) is 60.5 Å². The molecule has 3 aromatic rings. The van der Waals surface area contributed by atoms with Gasteiger partial charge >= 0.3 is 0 Å². The highest BCUT2D eigenvalue weighted by Crippen LogP contribution is 2.41. The molecule has 0 radical (unpaired) electrons. The first-order valence-electron chi connectivity index (χ1n) is 13.7. The predicted molar refractivity (Wildman–Crippen MR) is 149 cm³/mol. The molecule has 2 atom stereocenters. The van der Waals surface area contributed by atoms with Crippen molar-refractivity contribution in [1.29, 1.82) is 0 Å². The number of amides is 1. The lowest BCUT2D eigenvalue weighted by molar-refractivity contribution is -0.140. The van der Waals surface area contributed by atoms with Crippen LogP contribution in [0.1, 0.15) is 29.7 Å². The van der Waals surface area contributed by atoms with E-state index >= 15 is 0 Å². The standard InChI is InChI=1S/C32H32N2O6/c1-21-18-24-19-23(10-11-27(24)39-21)30(35)28-29(22-6-5-9-26(20-22)40-25-7-3-2-4-8-25)34(32(37)31(28)36)13-12-33-14-16-38-17-15-33/h2-11,19-21,29,35H,12-18H2,1H3/b30-28+. The highest BCUT2D eigenvalue weighted by Gasteiger charge is 2.46. The van der Waals surface area contributed by atoms with Crippen molar-refractivity contribution in [2.75, 3.05) is 39.4 Å². The normalized spacial score (nSPS) is 22.3. The maximum atomic E-state index is 13.5. The molecule has 0 aromatic heterocycles. The summed E-state index contributed by atoms with van der Waals surface area (Å²) in [5, 5.41) is 11.6. The Hall–Kier alpha value is -4.14. The van der Waals surface area contributed by atoms with E-state index in [1.54, 1.807) is 11.0 Å². The predicted octanol–water partition coefficient (Wildman–Crippen LogP) is 4.56. The maximum Gasteiger partial charge on any atom is 0.295 e. The molecule has 1 amide bonds. The molecule has 2 unspecified atom stereocenters. The van der Waals surface area contributed by atoms with Gasteiger partial charge in [-0.3, -0.25) is 14.5 Å². The van der Waals surface area contributed by atoms with Gasteiger partial charge in [-0.1, -0.05) is 30.3 Å². The van der Waals surface area contributed by atoms with Crippen molar-refractivity contribution >= 4 is 17.4 Å². The van der Waals surface area contributed by atoms with E-state index in [-0.39, 0.29) is 17.4 Å². The summed E-state index contributed by atoms with van der Waals surface area (Å²) in [6, 6.07) is 21.4. The number of ketones is 1. The van der Waals surface area contributed by atoms with Crippen molar-refractivity contribution < 1.29 is 28.9 Å². The third-order valence-electron chi connectivity index (χ3n) is 7.62. The first kappa shape index (κ1) is 26.1. The lowest BCUT2D eigenvalue weighted by atomic mass is 9.94. The van der Waals surface area contributed by atoms with E-state index in [1.807, 2.05) is 73.7 Å². The molecule has 3 heterocycles. The fraction of sp³-hybridized carbons (Fsp3) is 0.312. The van der Waals surface area contributed by atoms with E-state index in [0.717, 1.165) is 24.4 Å². The number of ether oxygens (including phenoxy) is 3. The minimum Gasteiger partial charge on any atom is -0.507 e. The number of nitrogens with zero attached hydrogens (tertiary/aromatic N) is 2. The molecule has 8 nitrogen and oxygen atoms in total. The first-order chi connectivity index (χ1) is 19.5. The molecule has 2 saturated heterocycles. The second kappa shape index (κ2) is 11.2. The van der Waals surface area contributed by atoms with Crippen molar-refractivity contribution in [3.63, 3.8) is 0 Å². The van der Waals surface area contributed by atoms with Crippen LogP contribution < -0.4 is 9.47 Å². The molecular formula is C32H32N2O6. The summed E-state index contributed by atoms with van der Waals surface area (Å²) in [7, 11) is 0. The van der Waals surface area contributed by atoms with Gasteiger partial charge in [0, 0.05) is 38.2 Å². The summed E-state index contributed by atoms with van der Waals surface area (Å²) in [6.07, 6.45) is 0.762. The highest BCUT2D eigenvalue weighted by molar-refractivity contribution is 6.46. The van der Waals surface area contributed by atoms with Crippen molar-refractivity contribution in [2.45, 2.75) is 25.5 Å². The number of hydrogen-bond donors (Lipinski definition) is 1. The number of morpholine rings is 1. The van der Waals surface area contributed by atoms with Crippen LogP contribution in [-0.4, -0.2) is 72.1 Å². The Balaban J connectivity index is 1.38. The van der Waals surface area contributed by atoms with E-state index in [9.17, 15) is 14.7 Å². The molecule has 0 spiro atoms. The van der Waals surface area contributed by atoms with Gasteiger partial charge < -0.3 is 24.2 Å². The molecule has 2 fully saturated rings. The molecule has 6 rings (SSSR count). The van der Waals surface area contributed by atoms with E-state index in [4.69, 9.17) is 14.2 Å². The van der Waals surface area contributed by atoms with Gasteiger partial charge in [0.25, 0.3) is 11.7 Å². The van der Waals surface area contributed by atoms with Crippen LogP contribution in [0.5, 0.6) is 17.2 Å². The molecule has 0 saturated carbocycles. The molecule has 1 N–H and O–H groups in total. The second-order valence-corrected chi connectivity index (χ2v) is 10.4. The number of carbonyl (C=O) groups excluding carboxylic acids is 2. The van der Waals surface area contributed by atoms with Crippen LogP contribution in [0.2, 0.25) is 0 Å². The molecule has 40 heavy (non-hydrogen) atoms. The van der Waals surface area contributed by atoms with Crippen LogP contribution in [0.25, 0.3) is 5.76 Å². The lowest BCUT2D eigenvalue weighted by Crippen LogP contribution is -2.42. The fourth-order valence-corrected chi connectivity index (χ4v) is 5.63. The Labute approximate surface area is 233 Å². The summed E-state index contributed by atoms with van der Waals surface area (Å²) < 4.78 is 17.3. The first-order valence-corrected chi connectivity index (χ1v) is 13.7. The van der Waals surface area contributed by atoms with Gasteiger partial charge in [0.15, 0.2) is 0 Å². The SMILES string of the molecule is CC1Cc2cc(/C(O)=C3\C(=O)C(=O)N(CCN4CCOCC4)C3c3cccc(Oc4ccccc4)c3)ccc2O1. The number of Topliss-reactive ketones (excluding diaryl/α,β-unsaturated/α-hetero) is 1. The van der Waals surface area contributed by atoms with Crippen molar-refractivity contribution in [3.8, 4) is 17.2 Å². The Morgan fingerprint density at radius 3 is 2.52 bits per heavy atom. The number of aliphatic hydroxyl groups excluding tert-OH is 1. The van der Waals surface area contributed by atoms with Gasteiger partial charge in [0.05, 0.1) is 24.8 Å². The minimum atomic E-state index is -0.760. The van der Waals surface area contributed by atoms with Crippen LogP contribution >= 0.6 is 0 Å². The molecule has 3 aliphatic heterocycles. The Bertz CT molecular complexity index is 1450. The molecule has 3 aromatic carbocycles. The summed E-state index contributed by atoms with van der Waals surface area (Å²) in [5.74, 6) is 0.532. The zero-order valence-electron chi connectivity index (χ0n) is 22.4. The number of likely N-dealkylation sites (tertiary alicyclic amines) is 1. The van der Waals surface area contributed by atoms with Crippen LogP contribution in [0.3, 0.4) is 0 Å². The van der Waals surface area contributed by atoms with E-state index in [2.05, 4.69) is 4.90 Å². The lowest BCUT2D eigenvalue weighted by Gasteiger charge is -2.31. The molecule has 8 heteroatoms. The second-order valence-electron chi connectivity index (χ2n) is 10.4. The highest BCUT2D eigenvalue weighted by atomic mass is 16.5. The number of hydrogen-bond acceptors (Lipinski definition) is 7. The van der Waals surface area contributed by atoms with Crippen LogP contribution in [-0.2, 0) is 20.7 Å². The largest absolute Gasteiger partial charge is 0.507 e. The van der Waals surface area contributed by atoms with Crippen LogP contribution in [0, 0.1) is 0 Å². The summed E-state index contributed by atoms with van der Waals surface area (Å²) in [5.41, 5.74) is 2.22. The molecule has 0 aliphatic carbocycles. The summed E-state index contributed by atoms with van der Waals surface area (Å²) in [6.45, 7) is 5.75. The third kappa shape index (κ3) is 5.20. The van der Waals surface area contributed by atoms with Gasteiger partial charge in [-0.25, -0.2) is 0 Å². The fourth-order valence-electron chi connectivity index (χ4n) is 5.63. The smallest absolute Gasteiger partial charge is 0.295 e. The molecule has 3 aliphatic rings. The number of aliphatic hydroxyl groups is 1. The van der Waals surface area contributed by atoms with Gasteiger partial charge in [0.1, 0.15) is 29.1 Å². The number of fused-ring (bicyclic) bond motifs is 1. The number of para-hydroxylation sites is 1. The third-order valence-corrected chi connectivity index (χ3v) is 7.62. The zero-order valence-corrected chi connectivity index (χ0v) is 22.4. The average Bonchev–Trinajstić information content (AvgIpc) is 3.47. The van der Waals surface area contributed by atoms with E-state index < -0.39 is 17.7 Å². The van der Waals surface area contributed by atoms with Gasteiger partial charge in [-0.2, -0.15) is 0 Å². The summed E-state index contributed by atoms with van der Waals surface area (Å²) in [4.78, 5) is 30.8. The molecule has 206 valence electrons. The van der Waals surface area contributed by atoms with Crippen LogP contribution in [0.4, 0.5) is 0 Å². The number of benzene rings is 3. The Kier molecular flexibility index (Phi) is 7.28. The minimum absolute atomic E-state index is 0.0468. The molecular weight excluding hydrogens is 508 g/mol. The topological polar surface area (TPSA) is 88.5 Å². The maximum absolute atomic E-state index is 13.5. The van der Waals surface area contributed by atoms with Gasteiger partial charge in [0.2, 0.25) is 0 Å². The van der Waals surface area contributed by atoms with Crippen molar-refractivity contribution in [3.05, 3.63) is 95.1 Å².